The van der Waals surface area contributed by atoms with Gasteiger partial charge < -0.3 is 15.2 Å². The molecule has 1 rings (SSSR count). The van der Waals surface area contributed by atoms with Gasteiger partial charge in [-0.3, -0.25) is 0 Å². The van der Waals surface area contributed by atoms with E-state index in [1.807, 2.05) is 0 Å². The maximum Gasteiger partial charge on any atom is 0.253 e. The second-order valence-electron chi connectivity index (χ2n) is 3.39. The van der Waals surface area contributed by atoms with Crippen molar-refractivity contribution in [2.45, 2.75) is 18.9 Å². The molecule has 0 saturated carbocycles. The van der Waals surface area contributed by atoms with Gasteiger partial charge in [0.1, 0.15) is 0 Å². The van der Waals surface area contributed by atoms with Gasteiger partial charge in [-0.05, 0) is 24.1 Å². The lowest BCUT2D eigenvalue weighted by atomic mass is 10.1. The minimum Gasteiger partial charge on any atom is -0.493 e. The first-order valence-electron chi connectivity index (χ1n) is 4.83. The molecule has 0 heterocycles. The third kappa shape index (κ3) is 4.36. The molecule has 0 spiro atoms. The molecule has 0 aliphatic heterocycles. The number of ether oxygens (including phenoxy) is 2. The summed E-state index contributed by atoms with van der Waals surface area (Å²) in [5, 5.41) is 0. The van der Waals surface area contributed by atoms with E-state index in [0.717, 1.165) is 0 Å². The van der Waals surface area contributed by atoms with Gasteiger partial charge in [0.05, 0.1) is 20.3 Å². The molecule has 0 aliphatic rings. The van der Waals surface area contributed by atoms with Crippen LogP contribution in [0.3, 0.4) is 0 Å². The molecule has 1 aromatic rings. The monoisotopic (exact) mass is 267 g/mol. The predicted octanol–water partition coefficient (Wildman–Crippen LogP) is 2.26. The van der Waals surface area contributed by atoms with Gasteiger partial charge in [-0.2, -0.15) is 0 Å². The lowest BCUT2D eigenvalue weighted by molar-refractivity contribution is 0.116. The summed E-state index contributed by atoms with van der Waals surface area (Å²) in [5.74, 6) is 1.08. The van der Waals surface area contributed by atoms with Crippen LogP contribution in [-0.4, -0.2) is 26.7 Å². The molecule has 1 aromatic carbocycles. The Morgan fingerprint density at radius 1 is 1.18 bits per heavy atom. The van der Waals surface area contributed by atoms with Gasteiger partial charge in [-0.25, -0.2) is 8.78 Å². The molecule has 2 N–H and O–H groups in total. The molecule has 3 nitrogen and oxygen atoms in total. The zero-order valence-electron chi connectivity index (χ0n) is 9.65. The first-order valence-corrected chi connectivity index (χ1v) is 4.83. The quantitative estimate of drug-likeness (QED) is 0.890. The fraction of sp³-hybridized carbons (Fsp3) is 0.455. The van der Waals surface area contributed by atoms with Crippen LogP contribution < -0.4 is 15.2 Å². The van der Waals surface area contributed by atoms with Crippen molar-refractivity contribution < 1.29 is 18.3 Å². The third-order valence-corrected chi connectivity index (χ3v) is 2.24. The van der Waals surface area contributed by atoms with Crippen LogP contribution in [-0.2, 0) is 6.42 Å². The van der Waals surface area contributed by atoms with E-state index in [1.54, 1.807) is 18.2 Å². The normalized spacial score (nSPS) is 11.9. The smallest absolute Gasteiger partial charge is 0.253 e. The minimum absolute atomic E-state index is 0. The van der Waals surface area contributed by atoms with Crippen LogP contribution in [0.15, 0.2) is 18.2 Å². The molecular formula is C11H16ClF2NO2. The SMILES string of the molecule is COc1ccc(C[C@@H](N)C(F)F)cc1OC.Cl. The van der Waals surface area contributed by atoms with Crippen molar-refractivity contribution in [3.8, 4) is 11.5 Å². The van der Waals surface area contributed by atoms with Crippen LogP contribution in [0.2, 0.25) is 0 Å². The highest BCUT2D eigenvalue weighted by molar-refractivity contribution is 5.85. The standard InChI is InChI=1S/C11H15F2NO2.ClH/c1-15-9-4-3-7(6-10(9)16-2)5-8(14)11(12)13;/h3-4,6,8,11H,5,14H2,1-2H3;1H/t8-;/m1./s1. The molecule has 0 unspecified atom stereocenters. The highest BCUT2D eigenvalue weighted by Gasteiger charge is 2.16. The van der Waals surface area contributed by atoms with Crippen molar-refractivity contribution in [2.75, 3.05) is 14.2 Å². The first-order chi connectivity index (χ1) is 7.58. The average Bonchev–Trinajstić information content (AvgIpc) is 2.28. The maximum absolute atomic E-state index is 12.3. The summed E-state index contributed by atoms with van der Waals surface area (Å²) < 4.78 is 34.6. The van der Waals surface area contributed by atoms with Gasteiger partial charge in [0.15, 0.2) is 11.5 Å². The maximum atomic E-state index is 12.3. The van der Waals surface area contributed by atoms with E-state index >= 15 is 0 Å². The molecule has 6 heteroatoms. The molecule has 0 saturated heterocycles. The van der Waals surface area contributed by atoms with E-state index in [9.17, 15) is 8.78 Å². The molecule has 0 aliphatic carbocycles. The molecular weight excluding hydrogens is 252 g/mol. The zero-order chi connectivity index (χ0) is 12.1. The predicted molar refractivity (Wildman–Crippen MR) is 64.5 cm³/mol. The van der Waals surface area contributed by atoms with E-state index in [1.165, 1.54) is 14.2 Å². The number of benzene rings is 1. The Labute approximate surface area is 105 Å². The Bertz CT molecular complexity index is 350. The summed E-state index contributed by atoms with van der Waals surface area (Å²) in [7, 11) is 3.01. The summed E-state index contributed by atoms with van der Waals surface area (Å²) in [5.41, 5.74) is 5.99. The lowest BCUT2D eigenvalue weighted by Crippen LogP contribution is -2.30. The minimum atomic E-state index is -2.52. The molecule has 17 heavy (non-hydrogen) atoms. The van der Waals surface area contributed by atoms with Crippen molar-refractivity contribution in [3.05, 3.63) is 23.8 Å². The van der Waals surface area contributed by atoms with Crippen molar-refractivity contribution in [1.29, 1.82) is 0 Å². The van der Waals surface area contributed by atoms with Crippen LogP contribution in [0.1, 0.15) is 5.56 Å². The lowest BCUT2D eigenvalue weighted by Gasteiger charge is -2.12. The van der Waals surface area contributed by atoms with Gasteiger partial charge in [0, 0.05) is 0 Å². The second-order valence-corrected chi connectivity index (χ2v) is 3.39. The molecule has 0 fully saturated rings. The zero-order valence-corrected chi connectivity index (χ0v) is 10.5. The molecule has 0 radical (unpaired) electrons. The van der Waals surface area contributed by atoms with Crippen LogP contribution in [0.25, 0.3) is 0 Å². The van der Waals surface area contributed by atoms with E-state index in [-0.39, 0.29) is 18.8 Å². The van der Waals surface area contributed by atoms with Crippen LogP contribution in [0, 0.1) is 0 Å². The van der Waals surface area contributed by atoms with E-state index < -0.39 is 12.5 Å². The van der Waals surface area contributed by atoms with Gasteiger partial charge in [0.25, 0.3) is 6.43 Å². The van der Waals surface area contributed by atoms with E-state index in [0.29, 0.717) is 17.1 Å². The van der Waals surface area contributed by atoms with Gasteiger partial charge in [-0.1, -0.05) is 6.07 Å². The topological polar surface area (TPSA) is 44.5 Å². The summed E-state index contributed by atoms with van der Waals surface area (Å²) in [6.45, 7) is 0. The number of methoxy groups -OCH3 is 2. The Hall–Kier alpha value is -1.07. The van der Waals surface area contributed by atoms with Crippen LogP contribution in [0.5, 0.6) is 11.5 Å². The molecule has 0 amide bonds. The Balaban J connectivity index is 0.00000256. The van der Waals surface area contributed by atoms with Crippen molar-refractivity contribution in [3.63, 3.8) is 0 Å². The summed E-state index contributed by atoms with van der Waals surface area (Å²) in [6, 6.07) is 3.87. The molecule has 0 aromatic heterocycles. The van der Waals surface area contributed by atoms with Gasteiger partial charge in [0.2, 0.25) is 0 Å². The number of alkyl halides is 2. The number of halogens is 3. The van der Waals surface area contributed by atoms with Crippen molar-refractivity contribution >= 4 is 12.4 Å². The van der Waals surface area contributed by atoms with Gasteiger partial charge in [-0.15, -0.1) is 12.4 Å². The average molecular weight is 268 g/mol. The van der Waals surface area contributed by atoms with E-state index in [4.69, 9.17) is 15.2 Å². The third-order valence-electron chi connectivity index (χ3n) is 2.24. The molecule has 98 valence electrons. The van der Waals surface area contributed by atoms with E-state index in [2.05, 4.69) is 0 Å². The summed E-state index contributed by atoms with van der Waals surface area (Å²) >= 11 is 0. The highest BCUT2D eigenvalue weighted by Crippen LogP contribution is 2.28. The number of nitrogens with two attached hydrogens (primary N) is 1. The number of rotatable bonds is 5. The van der Waals surface area contributed by atoms with Crippen LogP contribution >= 0.6 is 12.4 Å². The van der Waals surface area contributed by atoms with Crippen molar-refractivity contribution in [2.24, 2.45) is 5.73 Å². The first kappa shape index (κ1) is 15.9. The number of hydrogen-bond donors (Lipinski definition) is 1. The largest absolute Gasteiger partial charge is 0.493 e. The second kappa shape index (κ2) is 7.29. The molecule has 0 bridgehead atoms. The number of hydrogen-bond acceptors (Lipinski definition) is 3. The highest BCUT2D eigenvalue weighted by atomic mass is 35.5. The fourth-order valence-electron chi connectivity index (χ4n) is 1.37. The van der Waals surface area contributed by atoms with Gasteiger partial charge >= 0.3 is 0 Å². The summed E-state index contributed by atoms with van der Waals surface area (Å²) in [6.07, 6.45) is -2.41. The summed E-state index contributed by atoms with van der Waals surface area (Å²) in [4.78, 5) is 0. The Kier molecular flexibility index (Phi) is 6.83. The molecule has 1 atom stereocenters. The van der Waals surface area contributed by atoms with Crippen LogP contribution in [0.4, 0.5) is 8.78 Å². The Morgan fingerprint density at radius 2 is 1.76 bits per heavy atom. The Morgan fingerprint density at radius 3 is 2.24 bits per heavy atom. The van der Waals surface area contributed by atoms with Crippen molar-refractivity contribution in [1.82, 2.24) is 0 Å². The fourth-order valence-corrected chi connectivity index (χ4v) is 1.37.